The molecule has 1 aromatic carbocycles. The standard InChI is InChI=1S/C14H7F6N3/c15-13(16,17)9-6-10(8-4-2-1-3-5-8)23-11(7-9)21-22-12(23)14(18,19)20/h1-7H. The van der Waals surface area contributed by atoms with Gasteiger partial charge >= 0.3 is 12.4 Å². The van der Waals surface area contributed by atoms with Gasteiger partial charge in [-0.1, -0.05) is 30.3 Å². The second kappa shape index (κ2) is 4.97. The molecule has 23 heavy (non-hydrogen) atoms. The second-order valence-corrected chi connectivity index (χ2v) is 4.71. The maximum atomic E-state index is 13.0. The molecule has 0 saturated carbocycles. The molecule has 0 N–H and O–H groups in total. The Morgan fingerprint density at radius 1 is 0.783 bits per heavy atom. The number of aromatic nitrogens is 3. The van der Waals surface area contributed by atoms with E-state index in [-0.39, 0.29) is 11.3 Å². The van der Waals surface area contributed by atoms with E-state index in [0.717, 1.165) is 0 Å². The first kappa shape index (κ1) is 15.3. The maximum Gasteiger partial charge on any atom is 0.452 e. The van der Waals surface area contributed by atoms with Gasteiger partial charge in [0.15, 0.2) is 5.65 Å². The number of pyridine rings is 1. The largest absolute Gasteiger partial charge is 0.452 e. The van der Waals surface area contributed by atoms with Gasteiger partial charge in [0, 0.05) is 0 Å². The molecule has 0 aliphatic rings. The molecule has 0 amide bonds. The van der Waals surface area contributed by atoms with Crippen molar-refractivity contribution < 1.29 is 26.3 Å². The Morgan fingerprint density at radius 3 is 2.00 bits per heavy atom. The fourth-order valence-electron chi connectivity index (χ4n) is 2.19. The molecule has 3 aromatic rings. The minimum atomic E-state index is -4.84. The van der Waals surface area contributed by atoms with Gasteiger partial charge in [-0.15, -0.1) is 10.2 Å². The van der Waals surface area contributed by atoms with Gasteiger partial charge in [0.1, 0.15) is 0 Å². The third-order valence-corrected chi connectivity index (χ3v) is 3.16. The second-order valence-electron chi connectivity index (χ2n) is 4.71. The molecule has 2 heterocycles. The summed E-state index contributed by atoms with van der Waals surface area (Å²) in [5, 5.41) is 6.23. The molecule has 0 fully saturated rings. The molecule has 0 radical (unpaired) electrons. The van der Waals surface area contributed by atoms with Crippen molar-refractivity contribution >= 4 is 5.65 Å². The van der Waals surface area contributed by atoms with E-state index in [1.165, 1.54) is 24.3 Å². The van der Waals surface area contributed by atoms with Gasteiger partial charge in [-0.25, -0.2) is 0 Å². The normalized spacial score (nSPS) is 12.8. The third kappa shape index (κ3) is 2.73. The Hall–Kier alpha value is -2.58. The molecule has 3 nitrogen and oxygen atoms in total. The van der Waals surface area contributed by atoms with Crippen LogP contribution in [0.5, 0.6) is 0 Å². The van der Waals surface area contributed by atoms with E-state index >= 15 is 0 Å². The molecule has 120 valence electrons. The van der Waals surface area contributed by atoms with Crippen LogP contribution >= 0.6 is 0 Å². The van der Waals surface area contributed by atoms with Gasteiger partial charge in [-0.2, -0.15) is 26.3 Å². The van der Waals surface area contributed by atoms with Crippen molar-refractivity contribution in [3.05, 3.63) is 53.9 Å². The predicted octanol–water partition coefficient (Wildman–Crippen LogP) is 4.43. The zero-order chi connectivity index (χ0) is 16.8. The summed E-state index contributed by atoms with van der Waals surface area (Å²) in [4.78, 5) is 0. The molecule has 0 aliphatic carbocycles. The van der Waals surface area contributed by atoms with Crippen LogP contribution in [0.2, 0.25) is 0 Å². The summed E-state index contributed by atoms with van der Waals surface area (Å²) in [6.07, 6.45) is -9.56. The molecule has 2 aromatic heterocycles. The highest BCUT2D eigenvalue weighted by Crippen LogP contribution is 2.36. The lowest BCUT2D eigenvalue weighted by atomic mass is 10.1. The number of alkyl halides is 6. The van der Waals surface area contributed by atoms with Crippen molar-refractivity contribution in [3.63, 3.8) is 0 Å². The number of halogens is 6. The fourth-order valence-corrected chi connectivity index (χ4v) is 2.19. The molecule has 0 spiro atoms. The topological polar surface area (TPSA) is 30.2 Å². The summed E-state index contributed by atoms with van der Waals surface area (Å²) in [5.74, 6) is -1.37. The van der Waals surface area contributed by atoms with E-state index < -0.39 is 29.4 Å². The van der Waals surface area contributed by atoms with Crippen LogP contribution < -0.4 is 0 Å². The van der Waals surface area contributed by atoms with Crippen LogP contribution in [0.4, 0.5) is 26.3 Å². The van der Waals surface area contributed by atoms with Crippen LogP contribution in [0, 0.1) is 0 Å². The predicted molar refractivity (Wildman–Crippen MR) is 68.4 cm³/mol. The highest BCUT2D eigenvalue weighted by Gasteiger charge is 2.39. The lowest BCUT2D eigenvalue weighted by molar-refractivity contribution is -0.145. The van der Waals surface area contributed by atoms with Crippen molar-refractivity contribution in [2.45, 2.75) is 12.4 Å². The Morgan fingerprint density at radius 2 is 1.43 bits per heavy atom. The average Bonchev–Trinajstić information content (AvgIpc) is 2.90. The summed E-state index contributed by atoms with van der Waals surface area (Å²) >= 11 is 0. The molecule has 0 aliphatic heterocycles. The van der Waals surface area contributed by atoms with Crippen molar-refractivity contribution in [2.24, 2.45) is 0 Å². The number of benzene rings is 1. The van der Waals surface area contributed by atoms with Crippen LogP contribution in [-0.2, 0) is 12.4 Å². The number of hydrogen-bond donors (Lipinski definition) is 0. The monoisotopic (exact) mass is 331 g/mol. The van der Waals surface area contributed by atoms with Crippen molar-refractivity contribution in [1.82, 2.24) is 14.6 Å². The molecule has 3 rings (SSSR count). The Bertz CT molecular complexity index is 849. The molecule has 0 saturated heterocycles. The zero-order valence-electron chi connectivity index (χ0n) is 11.2. The first-order valence-electron chi connectivity index (χ1n) is 6.27. The van der Waals surface area contributed by atoms with E-state index in [9.17, 15) is 26.3 Å². The minimum absolute atomic E-state index is 0.189. The van der Waals surface area contributed by atoms with Crippen LogP contribution in [0.3, 0.4) is 0 Å². The Kier molecular flexibility index (Phi) is 3.31. The summed E-state index contributed by atoms with van der Waals surface area (Å²) in [5.41, 5.74) is -1.71. The summed E-state index contributed by atoms with van der Waals surface area (Å²) in [6, 6.07) is 8.64. The highest BCUT2D eigenvalue weighted by atomic mass is 19.4. The maximum absolute atomic E-state index is 13.0. The van der Waals surface area contributed by atoms with E-state index in [1.54, 1.807) is 6.07 Å². The van der Waals surface area contributed by atoms with Gasteiger partial charge in [0.05, 0.1) is 11.3 Å². The van der Waals surface area contributed by atoms with Crippen LogP contribution in [0.1, 0.15) is 11.4 Å². The van der Waals surface area contributed by atoms with Gasteiger partial charge in [0.2, 0.25) is 5.82 Å². The number of hydrogen-bond acceptors (Lipinski definition) is 2. The number of rotatable bonds is 1. The third-order valence-electron chi connectivity index (χ3n) is 3.16. The summed E-state index contributed by atoms with van der Waals surface area (Å²) in [7, 11) is 0. The summed E-state index contributed by atoms with van der Waals surface area (Å²) < 4.78 is 78.6. The van der Waals surface area contributed by atoms with Crippen molar-refractivity contribution in [3.8, 4) is 11.3 Å². The minimum Gasteiger partial charge on any atom is -0.271 e. The van der Waals surface area contributed by atoms with E-state index in [1.807, 2.05) is 0 Å². The summed E-state index contributed by atoms with van der Waals surface area (Å²) in [6.45, 7) is 0. The Balaban J connectivity index is 2.39. The first-order valence-corrected chi connectivity index (χ1v) is 6.27. The molecular weight excluding hydrogens is 324 g/mol. The van der Waals surface area contributed by atoms with Gasteiger partial charge in [0.25, 0.3) is 0 Å². The van der Waals surface area contributed by atoms with Gasteiger partial charge in [-0.3, -0.25) is 4.40 Å². The van der Waals surface area contributed by atoms with E-state index in [0.29, 0.717) is 16.5 Å². The first-order chi connectivity index (χ1) is 10.7. The molecule has 9 heteroatoms. The van der Waals surface area contributed by atoms with Crippen molar-refractivity contribution in [2.75, 3.05) is 0 Å². The zero-order valence-corrected chi connectivity index (χ0v) is 11.2. The number of nitrogens with zero attached hydrogens (tertiary/aromatic N) is 3. The molecule has 0 unspecified atom stereocenters. The number of fused-ring (bicyclic) bond motifs is 1. The van der Waals surface area contributed by atoms with E-state index in [4.69, 9.17) is 0 Å². The lowest BCUT2D eigenvalue weighted by Crippen LogP contribution is -2.13. The lowest BCUT2D eigenvalue weighted by Gasteiger charge is -2.13. The highest BCUT2D eigenvalue weighted by molar-refractivity contribution is 5.65. The average molecular weight is 331 g/mol. The quantitative estimate of drug-likeness (QED) is 0.617. The molecule has 0 bridgehead atoms. The smallest absolute Gasteiger partial charge is 0.271 e. The van der Waals surface area contributed by atoms with Crippen LogP contribution in [0.25, 0.3) is 16.9 Å². The van der Waals surface area contributed by atoms with Crippen molar-refractivity contribution in [1.29, 1.82) is 0 Å². The molecular formula is C14H7F6N3. The van der Waals surface area contributed by atoms with Crippen LogP contribution in [-0.4, -0.2) is 14.6 Å². The molecule has 0 atom stereocenters. The van der Waals surface area contributed by atoms with Gasteiger partial charge < -0.3 is 0 Å². The van der Waals surface area contributed by atoms with Crippen LogP contribution in [0.15, 0.2) is 42.5 Å². The SMILES string of the molecule is FC(F)(F)c1cc(-c2ccccc2)n2c(C(F)(F)F)nnc2c1. The fraction of sp³-hybridized carbons (Fsp3) is 0.143. The Labute approximate surface area is 125 Å². The van der Waals surface area contributed by atoms with Gasteiger partial charge in [-0.05, 0) is 17.7 Å². The van der Waals surface area contributed by atoms with E-state index in [2.05, 4.69) is 10.2 Å².